The third-order valence-electron chi connectivity index (χ3n) is 3.79. The molecule has 10 heteroatoms. The minimum Gasteiger partial charge on any atom is -0.497 e. The number of benzene rings is 2. The number of amides is 1. The van der Waals surface area contributed by atoms with Gasteiger partial charge in [-0.2, -0.15) is 0 Å². The molecule has 3 aromatic rings. The van der Waals surface area contributed by atoms with Crippen molar-refractivity contribution < 1.29 is 18.7 Å². The average molecular weight is 435 g/mol. The number of thioether (sulfide) groups is 1. The molecule has 1 amide bonds. The van der Waals surface area contributed by atoms with E-state index in [2.05, 4.69) is 20.8 Å². The Hall–Kier alpha value is -2.85. The third-order valence-corrected chi connectivity index (χ3v) is 5.82. The van der Waals surface area contributed by atoms with Gasteiger partial charge in [0.15, 0.2) is 4.34 Å². The van der Waals surface area contributed by atoms with Crippen LogP contribution in [0.5, 0.6) is 11.5 Å². The van der Waals surface area contributed by atoms with Crippen LogP contribution in [0.2, 0.25) is 0 Å². The summed E-state index contributed by atoms with van der Waals surface area (Å²) in [7, 11) is 3.08. The van der Waals surface area contributed by atoms with Gasteiger partial charge in [0.2, 0.25) is 11.0 Å². The van der Waals surface area contributed by atoms with Crippen LogP contribution in [0.3, 0.4) is 0 Å². The van der Waals surface area contributed by atoms with Gasteiger partial charge in [-0.1, -0.05) is 29.2 Å². The molecule has 2 aromatic carbocycles. The van der Waals surface area contributed by atoms with Crippen molar-refractivity contribution in [2.45, 2.75) is 16.5 Å². The van der Waals surface area contributed by atoms with Crippen LogP contribution < -0.4 is 20.1 Å². The van der Waals surface area contributed by atoms with Crippen molar-refractivity contribution in [2.24, 2.45) is 0 Å². The quantitative estimate of drug-likeness (QED) is 0.503. The van der Waals surface area contributed by atoms with Gasteiger partial charge >= 0.3 is 0 Å². The molecular weight excluding hydrogens is 415 g/mol. The maximum atomic E-state index is 13.3. The Bertz CT molecular complexity index is 999. The monoisotopic (exact) mass is 434 g/mol. The first-order chi connectivity index (χ1) is 14.0. The number of methoxy groups -OCH3 is 2. The lowest BCUT2D eigenvalue weighted by Gasteiger charge is -2.14. The lowest BCUT2D eigenvalue weighted by atomic mass is 10.2. The molecule has 0 spiro atoms. The summed E-state index contributed by atoms with van der Waals surface area (Å²) in [4.78, 5) is 12.6. The number of hydrogen-bond acceptors (Lipinski definition) is 8. The number of anilines is 3. The van der Waals surface area contributed by atoms with Crippen LogP contribution in [0.15, 0.2) is 46.8 Å². The predicted molar refractivity (Wildman–Crippen MR) is 113 cm³/mol. The zero-order valence-electron chi connectivity index (χ0n) is 15.9. The summed E-state index contributed by atoms with van der Waals surface area (Å²) in [5.74, 6) is 0.594. The van der Waals surface area contributed by atoms with Crippen LogP contribution in [0, 0.1) is 5.82 Å². The Morgan fingerprint density at radius 3 is 2.72 bits per heavy atom. The number of halogens is 1. The van der Waals surface area contributed by atoms with Gasteiger partial charge in [0.25, 0.3) is 0 Å². The largest absolute Gasteiger partial charge is 0.497 e. The highest BCUT2D eigenvalue weighted by Crippen LogP contribution is 2.33. The molecule has 0 unspecified atom stereocenters. The van der Waals surface area contributed by atoms with Crippen LogP contribution in [0.1, 0.15) is 6.92 Å². The number of nitrogens with one attached hydrogen (secondary N) is 2. The van der Waals surface area contributed by atoms with Crippen molar-refractivity contribution >= 4 is 45.5 Å². The van der Waals surface area contributed by atoms with Crippen LogP contribution in [0.4, 0.5) is 20.9 Å². The zero-order valence-corrected chi connectivity index (χ0v) is 17.6. The molecule has 0 saturated heterocycles. The molecule has 152 valence electrons. The van der Waals surface area contributed by atoms with E-state index in [1.807, 2.05) is 0 Å². The molecule has 0 aliphatic heterocycles. The predicted octanol–water partition coefficient (Wildman–Crippen LogP) is 4.56. The first kappa shape index (κ1) is 20.9. The molecule has 0 fully saturated rings. The fourth-order valence-electron chi connectivity index (χ4n) is 2.35. The topological polar surface area (TPSA) is 85.4 Å². The molecule has 0 bridgehead atoms. The summed E-state index contributed by atoms with van der Waals surface area (Å²) in [5, 5.41) is 14.0. The molecule has 0 saturated carbocycles. The van der Waals surface area contributed by atoms with Gasteiger partial charge in [0, 0.05) is 11.8 Å². The second-order valence-corrected chi connectivity index (χ2v) is 8.39. The highest BCUT2D eigenvalue weighted by molar-refractivity contribution is 8.02. The summed E-state index contributed by atoms with van der Waals surface area (Å²) >= 11 is 2.56. The van der Waals surface area contributed by atoms with E-state index in [0.717, 1.165) is 0 Å². The van der Waals surface area contributed by atoms with E-state index in [1.54, 1.807) is 44.4 Å². The molecule has 3 rings (SSSR count). The standard InChI is InChI=1S/C19H19FN4O3S2/c1-11(17(25)22-15-10-14(26-2)7-8-16(15)27-3)28-19-24-23-18(29-19)21-13-6-4-5-12(20)9-13/h4-11H,1-3H3,(H,21,23)(H,22,25)/t11-/m0/s1. The lowest BCUT2D eigenvalue weighted by molar-refractivity contribution is -0.115. The molecule has 7 nitrogen and oxygen atoms in total. The lowest BCUT2D eigenvalue weighted by Crippen LogP contribution is -2.22. The molecule has 0 radical (unpaired) electrons. The second-order valence-electron chi connectivity index (χ2n) is 5.82. The highest BCUT2D eigenvalue weighted by Gasteiger charge is 2.19. The normalized spacial score (nSPS) is 11.6. The molecule has 0 aliphatic rings. The van der Waals surface area contributed by atoms with Crippen molar-refractivity contribution in [2.75, 3.05) is 24.9 Å². The number of nitrogens with zero attached hydrogens (tertiary/aromatic N) is 2. The van der Waals surface area contributed by atoms with Gasteiger partial charge in [0.1, 0.15) is 17.3 Å². The van der Waals surface area contributed by atoms with Gasteiger partial charge in [-0.3, -0.25) is 4.79 Å². The van der Waals surface area contributed by atoms with Crippen LogP contribution in [-0.4, -0.2) is 35.6 Å². The highest BCUT2D eigenvalue weighted by atomic mass is 32.2. The van der Waals surface area contributed by atoms with E-state index in [9.17, 15) is 9.18 Å². The van der Waals surface area contributed by atoms with Crippen molar-refractivity contribution in [3.63, 3.8) is 0 Å². The Morgan fingerprint density at radius 2 is 2.00 bits per heavy atom. The van der Waals surface area contributed by atoms with Crippen LogP contribution in [0.25, 0.3) is 0 Å². The smallest absolute Gasteiger partial charge is 0.237 e. The maximum absolute atomic E-state index is 13.3. The number of carbonyl (C=O) groups excluding carboxylic acids is 1. The molecule has 1 atom stereocenters. The zero-order chi connectivity index (χ0) is 20.8. The van der Waals surface area contributed by atoms with Gasteiger partial charge in [-0.05, 0) is 37.3 Å². The van der Waals surface area contributed by atoms with E-state index in [1.165, 1.54) is 42.3 Å². The Labute approximate surface area is 175 Å². The second kappa shape index (κ2) is 9.57. The Kier molecular flexibility index (Phi) is 6.89. The van der Waals surface area contributed by atoms with E-state index in [4.69, 9.17) is 9.47 Å². The molecule has 1 heterocycles. The Balaban J connectivity index is 1.62. The average Bonchev–Trinajstić information content (AvgIpc) is 3.14. The molecule has 2 N–H and O–H groups in total. The molecule has 29 heavy (non-hydrogen) atoms. The van der Waals surface area contributed by atoms with E-state index < -0.39 is 5.25 Å². The van der Waals surface area contributed by atoms with Gasteiger partial charge in [-0.15, -0.1) is 10.2 Å². The van der Waals surface area contributed by atoms with Crippen LogP contribution in [-0.2, 0) is 4.79 Å². The molecular formula is C19H19FN4O3S2. The summed E-state index contributed by atoms with van der Waals surface area (Å²) in [6.07, 6.45) is 0. The summed E-state index contributed by atoms with van der Waals surface area (Å²) in [6, 6.07) is 11.2. The summed E-state index contributed by atoms with van der Waals surface area (Å²) in [5.41, 5.74) is 1.10. The van der Waals surface area contributed by atoms with E-state index in [0.29, 0.717) is 32.3 Å². The maximum Gasteiger partial charge on any atom is 0.237 e. The number of rotatable bonds is 8. The van der Waals surface area contributed by atoms with Gasteiger partial charge in [0.05, 0.1) is 25.2 Å². The van der Waals surface area contributed by atoms with Crippen LogP contribution >= 0.6 is 23.1 Å². The van der Waals surface area contributed by atoms with Crippen molar-refractivity contribution in [1.82, 2.24) is 10.2 Å². The first-order valence-electron chi connectivity index (χ1n) is 8.54. The minimum absolute atomic E-state index is 0.212. The SMILES string of the molecule is COc1ccc(OC)c(NC(=O)[C@H](C)Sc2nnc(Nc3cccc(F)c3)s2)c1. The number of ether oxygens (including phenoxy) is 2. The fraction of sp³-hybridized carbons (Fsp3) is 0.211. The van der Waals surface area contributed by atoms with Gasteiger partial charge < -0.3 is 20.1 Å². The van der Waals surface area contributed by atoms with Crippen molar-refractivity contribution in [3.05, 3.63) is 48.3 Å². The van der Waals surface area contributed by atoms with Crippen molar-refractivity contribution in [3.8, 4) is 11.5 Å². The number of hydrogen-bond donors (Lipinski definition) is 2. The van der Waals surface area contributed by atoms with E-state index in [-0.39, 0.29) is 11.7 Å². The summed E-state index contributed by atoms with van der Waals surface area (Å²) < 4.78 is 24.4. The van der Waals surface area contributed by atoms with Gasteiger partial charge in [-0.25, -0.2) is 4.39 Å². The van der Waals surface area contributed by atoms with E-state index >= 15 is 0 Å². The number of carbonyl (C=O) groups is 1. The molecule has 0 aliphatic carbocycles. The number of aromatic nitrogens is 2. The third kappa shape index (κ3) is 5.58. The first-order valence-corrected chi connectivity index (χ1v) is 10.2. The Morgan fingerprint density at radius 1 is 1.17 bits per heavy atom. The summed E-state index contributed by atoms with van der Waals surface area (Å²) in [6.45, 7) is 1.77. The van der Waals surface area contributed by atoms with Crippen molar-refractivity contribution in [1.29, 1.82) is 0 Å². The fourth-order valence-corrected chi connectivity index (χ4v) is 4.26. The molecule has 1 aromatic heterocycles. The minimum atomic E-state index is -0.430.